The third-order valence-electron chi connectivity index (χ3n) is 5.32. The van der Waals surface area contributed by atoms with E-state index >= 15 is 0 Å². The number of carbonyl (C=O) groups is 2. The lowest BCUT2D eigenvalue weighted by molar-refractivity contribution is -0.142. The number of furan rings is 1. The maximum absolute atomic E-state index is 13.6. The van der Waals surface area contributed by atoms with E-state index in [4.69, 9.17) is 21.8 Å². The summed E-state index contributed by atoms with van der Waals surface area (Å²) in [6.45, 7) is 1.31. The van der Waals surface area contributed by atoms with Gasteiger partial charge in [-0.25, -0.2) is 23.3 Å². The predicted molar refractivity (Wildman–Crippen MR) is 126 cm³/mol. The third-order valence-corrected chi connectivity index (χ3v) is 6.77. The van der Waals surface area contributed by atoms with Crippen molar-refractivity contribution in [3.05, 3.63) is 63.2 Å². The summed E-state index contributed by atoms with van der Waals surface area (Å²) >= 11 is 6.84. The van der Waals surface area contributed by atoms with Crippen molar-refractivity contribution >= 4 is 56.3 Å². The third kappa shape index (κ3) is 4.22. The molecule has 0 aliphatic carbocycles. The number of nitrogens with zero attached hydrogens (tertiary/aromatic N) is 4. The Kier molecular flexibility index (Phi) is 6.06. The maximum atomic E-state index is 13.6. The summed E-state index contributed by atoms with van der Waals surface area (Å²) in [5.41, 5.74) is 2.39. The highest BCUT2D eigenvalue weighted by molar-refractivity contribution is 7.21. The molecule has 9 nitrogen and oxygen atoms in total. The van der Waals surface area contributed by atoms with Crippen LogP contribution in [0.15, 0.2) is 34.9 Å². The number of halogens is 6. The number of carbonyl (C=O) groups excluding carboxylic acids is 2. The smallest absolute Gasteiger partial charge is 0.433 e. The van der Waals surface area contributed by atoms with Gasteiger partial charge < -0.3 is 15.5 Å². The lowest BCUT2D eigenvalue weighted by Gasteiger charge is -2.09. The summed E-state index contributed by atoms with van der Waals surface area (Å²) in [5, 5.41) is 5.66. The van der Waals surface area contributed by atoms with Crippen molar-refractivity contribution in [3.63, 3.8) is 0 Å². The highest BCUT2D eigenvalue weighted by atomic mass is 35.5. The number of alkyl halides is 5. The van der Waals surface area contributed by atoms with Crippen LogP contribution in [0.4, 0.5) is 27.6 Å². The molecule has 38 heavy (non-hydrogen) atoms. The lowest BCUT2D eigenvalue weighted by Crippen LogP contribution is -2.18. The van der Waals surface area contributed by atoms with Crippen LogP contribution in [0.5, 0.6) is 0 Å². The van der Waals surface area contributed by atoms with E-state index in [2.05, 4.69) is 20.4 Å². The summed E-state index contributed by atoms with van der Waals surface area (Å²) in [6.07, 6.45) is -6.53. The second kappa shape index (κ2) is 9.02. The molecule has 0 aliphatic heterocycles. The first-order valence-electron chi connectivity index (χ1n) is 10.4. The van der Waals surface area contributed by atoms with E-state index in [9.17, 15) is 31.5 Å². The van der Waals surface area contributed by atoms with Crippen LogP contribution in [0, 0.1) is 6.92 Å². The Morgan fingerprint density at radius 1 is 1.24 bits per heavy atom. The van der Waals surface area contributed by atoms with Crippen molar-refractivity contribution in [3.8, 4) is 11.3 Å². The Morgan fingerprint density at radius 2 is 1.97 bits per heavy atom. The number of aryl methyl sites for hydroxylation is 1. The quantitative estimate of drug-likeness (QED) is 0.254. The van der Waals surface area contributed by atoms with E-state index in [-0.39, 0.29) is 37.8 Å². The van der Waals surface area contributed by atoms with Crippen LogP contribution < -0.4 is 11.1 Å². The van der Waals surface area contributed by atoms with E-state index in [0.717, 1.165) is 12.1 Å². The molecule has 0 aromatic carbocycles. The van der Waals surface area contributed by atoms with E-state index < -0.39 is 52.2 Å². The van der Waals surface area contributed by atoms with Crippen LogP contribution in [0.25, 0.3) is 27.2 Å². The van der Waals surface area contributed by atoms with Crippen LogP contribution in [-0.2, 0) is 6.18 Å². The molecule has 0 radical (unpaired) electrons. The van der Waals surface area contributed by atoms with Crippen molar-refractivity contribution < 1.29 is 36.0 Å². The highest BCUT2D eigenvalue weighted by Gasteiger charge is 2.36. The molecule has 0 bridgehead atoms. The number of amides is 2. The minimum Gasteiger partial charge on any atom is -0.464 e. The summed E-state index contributed by atoms with van der Waals surface area (Å²) in [6, 6.07) is 4.71. The normalized spacial score (nSPS) is 12.1. The molecule has 5 aromatic heterocycles. The number of rotatable bonds is 5. The van der Waals surface area contributed by atoms with Gasteiger partial charge in [0.25, 0.3) is 18.2 Å². The van der Waals surface area contributed by atoms with Gasteiger partial charge in [-0.2, -0.15) is 18.3 Å². The van der Waals surface area contributed by atoms with Gasteiger partial charge in [0.1, 0.15) is 31.9 Å². The van der Waals surface area contributed by atoms with E-state index in [1.54, 1.807) is 0 Å². The molecule has 0 saturated carbocycles. The summed E-state index contributed by atoms with van der Waals surface area (Å²) < 4.78 is 73.5. The molecule has 5 aromatic rings. The van der Waals surface area contributed by atoms with Gasteiger partial charge in [0.15, 0.2) is 11.3 Å². The SMILES string of the molecule is Cc1cc(C(F)(F)F)n2nc(C(=O)Nc3c(C(N)=O)sc4nc(C(F)F)cc(-c5ccco5)c34)c(Cl)c2n1. The van der Waals surface area contributed by atoms with Crippen molar-refractivity contribution in [1.82, 2.24) is 19.6 Å². The molecule has 0 aliphatic rings. The molecule has 0 saturated heterocycles. The Balaban J connectivity index is 1.70. The fourth-order valence-electron chi connectivity index (χ4n) is 3.78. The zero-order chi connectivity index (χ0) is 27.5. The summed E-state index contributed by atoms with van der Waals surface area (Å²) in [5.74, 6) is -2.02. The van der Waals surface area contributed by atoms with Gasteiger partial charge in [-0.1, -0.05) is 11.6 Å². The standard InChI is InChI=1S/C22H12ClF5N6O3S/c1-7-5-11(22(26,27)28)34-19(30-7)13(23)15(33-34)20(36)32-14-12-8(10-3-2-4-37-10)6-9(17(24)25)31-21(12)38-16(14)18(29)35/h2-6,17H,1H3,(H2,29,35)(H,32,36). The second-order valence-electron chi connectivity index (χ2n) is 7.86. The van der Waals surface area contributed by atoms with Gasteiger partial charge in [0, 0.05) is 16.6 Å². The molecule has 0 unspecified atom stereocenters. The number of pyridine rings is 1. The number of nitrogens with two attached hydrogens (primary N) is 1. The lowest BCUT2D eigenvalue weighted by atomic mass is 10.1. The fraction of sp³-hybridized carbons (Fsp3) is 0.136. The van der Waals surface area contributed by atoms with Gasteiger partial charge in [0.05, 0.1) is 12.0 Å². The average Bonchev–Trinajstić information content (AvgIpc) is 3.56. The Labute approximate surface area is 217 Å². The van der Waals surface area contributed by atoms with Gasteiger partial charge in [-0.05, 0) is 31.2 Å². The monoisotopic (exact) mass is 570 g/mol. The van der Waals surface area contributed by atoms with Gasteiger partial charge in [-0.15, -0.1) is 11.3 Å². The molecule has 5 heterocycles. The van der Waals surface area contributed by atoms with Gasteiger partial charge in [-0.3, -0.25) is 9.59 Å². The Bertz CT molecular complexity index is 1750. The molecule has 0 fully saturated rings. The minimum atomic E-state index is -4.84. The Hall–Kier alpha value is -4.11. The first-order valence-corrected chi connectivity index (χ1v) is 11.6. The first kappa shape index (κ1) is 25.5. The maximum Gasteiger partial charge on any atom is 0.433 e. The molecular formula is C22H12ClF5N6O3S. The first-order chi connectivity index (χ1) is 17.9. The Morgan fingerprint density at radius 3 is 2.58 bits per heavy atom. The molecular weight excluding hydrogens is 559 g/mol. The molecule has 196 valence electrons. The molecule has 0 spiro atoms. The zero-order valence-corrected chi connectivity index (χ0v) is 20.3. The molecule has 5 rings (SSSR count). The largest absolute Gasteiger partial charge is 0.464 e. The number of hydrogen-bond acceptors (Lipinski definition) is 7. The van der Waals surface area contributed by atoms with Crippen molar-refractivity contribution in [2.45, 2.75) is 19.5 Å². The highest BCUT2D eigenvalue weighted by Crippen LogP contribution is 2.43. The molecule has 0 atom stereocenters. The predicted octanol–water partition coefficient (Wildman–Crippen LogP) is 5.87. The fourth-order valence-corrected chi connectivity index (χ4v) is 5.04. The second-order valence-corrected chi connectivity index (χ2v) is 9.23. The number of anilines is 1. The molecule has 3 N–H and O–H groups in total. The van der Waals surface area contributed by atoms with Crippen molar-refractivity contribution in [2.75, 3.05) is 5.32 Å². The number of fused-ring (bicyclic) bond motifs is 2. The number of nitrogens with one attached hydrogen (secondary N) is 1. The number of hydrogen-bond donors (Lipinski definition) is 2. The van der Waals surface area contributed by atoms with Crippen molar-refractivity contribution in [1.29, 1.82) is 0 Å². The van der Waals surface area contributed by atoms with Crippen LogP contribution in [-0.4, -0.2) is 31.4 Å². The van der Waals surface area contributed by atoms with Crippen LogP contribution in [0.3, 0.4) is 0 Å². The summed E-state index contributed by atoms with van der Waals surface area (Å²) in [4.78, 5) is 33.0. The van der Waals surface area contributed by atoms with Crippen LogP contribution in [0.2, 0.25) is 5.02 Å². The van der Waals surface area contributed by atoms with Crippen molar-refractivity contribution in [2.24, 2.45) is 5.73 Å². The van der Waals surface area contributed by atoms with E-state index in [1.165, 1.54) is 25.3 Å². The number of thiophene rings is 1. The topological polar surface area (TPSA) is 128 Å². The minimum absolute atomic E-state index is 0.0255. The van der Waals surface area contributed by atoms with Gasteiger partial charge in [0.2, 0.25) is 0 Å². The van der Waals surface area contributed by atoms with Crippen LogP contribution >= 0.6 is 22.9 Å². The molecule has 2 amide bonds. The zero-order valence-electron chi connectivity index (χ0n) is 18.7. The van der Waals surface area contributed by atoms with Crippen LogP contribution in [0.1, 0.15) is 43.7 Å². The number of primary amides is 1. The van der Waals surface area contributed by atoms with E-state index in [0.29, 0.717) is 15.9 Å². The van der Waals surface area contributed by atoms with Gasteiger partial charge >= 0.3 is 6.18 Å². The summed E-state index contributed by atoms with van der Waals surface area (Å²) in [7, 11) is 0. The number of aromatic nitrogens is 4. The average molecular weight is 571 g/mol. The molecule has 16 heteroatoms. The van der Waals surface area contributed by atoms with E-state index in [1.807, 2.05) is 0 Å².